The third kappa shape index (κ3) is 5.97. The minimum absolute atomic E-state index is 0.0315. The molecule has 3 N–H and O–H groups in total. The van der Waals surface area contributed by atoms with Crippen molar-refractivity contribution in [1.29, 1.82) is 0 Å². The average molecular weight is 418 g/mol. The van der Waals surface area contributed by atoms with E-state index in [0.29, 0.717) is 40.7 Å². The highest BCUT2D eigenvalue weighted by Gasteiger charge is 2.14. The second-order valence-corrected chi connectivity index (χ2v) is 6.41. The fraction of sp³-hybridized carbons (Fsp3) is 0.400. The summed E-state index contributed by atoms with van der Waals surface area (Å²) in [7, 11) is 3.05. The van der Waals surface area contributed by atoms with Crippen molar-refractivity contribution in [2.75, 3.05) is 20.8 Å². The number of aryl methyl sites for hydroxylation is 1. The zero-order valence-corrected chi connectivity index (χ0v) is 17.5. The molecule has 162 valence electrons. The minimum Gasteiger partial charge on any atom is -0.493 e. The number of H-pyrrole nitrogens is 2. The molecule has 0 spiro atoms. The normalized spacial score (nSPS) is 10.8. The number of rotatable bonds is 10. The predicted octanol–water partition coefficient (Wildman–Crippen LogP) is 1.26. The Morgan fingerprint density at radius 2 is 1.83 bits per heavy atom. The van der Waals surface area contributed by atoms with Gasteiger partial charge in [0, 0.05) is 23.2 Å². The summed E-state index contributed by atoms with van der Waals surface area (Å²) >= 11 is 0. The summed E-state index contributed by atoms with van der Waals surface area (Å²) < 4.78 is 16.4. The molecule has 1 aromatic carbocycles. The first-order valence-electron chi connectivity index (χ1n) is 9.42. The molecule has 0 radical (unpaired) electrons. The quantitative estimate of drug-likeness (QED) is 0.393. The predicted molar refractivity (Wildman–Crippen MR) is 112 cm³/mol. The zero-order valence-electron chi connectivity index (χ0n) is 17.5. The number of hydrogen-bond donors (Lipinski definition) is 3. The molecule has 1 heterocycles. The fourth-order valence-corrected chi connectivity index (χ4v) is 2.72. The number of nitrogens with one attached hydrogen (secondary N) is 3. The van der Waals surface area contributed by atoms with Crippen molar-refractivity contribution in [3.05, 3.63) is 49.8 Å². The van der Waals surface area contributed by atoms with Gasteiger partial charge in [-0.15, -0.1) is 0 Å². The van der Waals surface area contributed by atoms with E-state index in [9.17, 15) is 14.4 Å². The topological polar surface area (TPSA) is 135 Å². The van der Waals surface area contributed by atoms with Crippen molar-refractivity contribution in [1.82, 2.24) is 15.4 Å². The van der Waals surface area contributed by atoms with Crippen LogP contribution < -0.4 is 30.9 Å². The lowest BCUT2D eigenvalue weighted by atomic mass is 10.1. The smallest absolute Gasteiger partial charge is 0.325 e. The van der Waals surface area contributed by atoms with Crippen LogP contribution in [0.25, 0.3) is 0 Å². The molecule has 30 heavy (non-hydrogen) atoms. The Labute approximate surface area is 173 Å². The number of carbonyl (C=O) groups excluding carboxylic acids is 1. The van der Waals surface area contributed by atoms with Crippen LogP contribution in [0.4, 0.5) is 0 Å². The lowest BCUT2D eigenvalue weighted by Gasteiger charge is -2.14. The molecule has 10 heteroatoms. The second kappa shape index (κ2) is 10.8. The Morgan fingerprint density at radius 1 is 1.17 bits per heavy atom. The number of hydrazone groups is 1. The standard InChI is InChI=1S/C20H26N4O6/c1-5-8-30-18-15(28-3)9-13(10-16(18)29-4)11-21-24-17(25)7-6-14-12(2)22-20(27)23-19(14)26/h9-11H,5-8H2,1-4H3,(H,24,25)(H2,22,23,26,27)/b21-11+. The number of aromatic nitrogens is 2. The molecule has 0 atom stereocenters. The fourth-order valence-electron chi connectivity index (χ4n) is 2.72. The van der Waals surface area contributed by atoms with E-state index in [4.69, 9.17) is 14.2 Å². The summed E-state index contributed by atoms with van der Waals surface area (Å²) in [5.74, 6) is 1.11. The molecule has 2 rings (SSSR count). The molecule has 0 bridgehead atoms. The second-order valence-electron chi connectivity index (χ2n) is 6.41. The van der Waals surface area contributed by atoms with Gasteiger partial charge < -0.3 is 19.2 Å². The molecule has 0 saturated carbocycles. The van der Waals surface area contributed by atoms with Crippen LogP contribution in [0.1, 0.15) is 36.6 Å². The zero-order chi connectivity index (χ0) is 22.1. The first-order chi connectivity index (χ1) is 14.4. The van der Waals surface area contributed by atoms with E-state index in [0.717, 1.165) is 6.42 Å². The Bertz CT molecular complexity index is 1000. The number of hydrogen-bond acceptors (Lipinski definition) is 7. The van der Waals surface area contributed by atoms with Gasteiger partial charge in [-0.25, -0.2) is 10.2 Å². The van der Waals surface area contributed by atoms with Gasteiger partial charge in [0.15, 0.2) is 11.5 Å². The van der Waals surface area contributed by atoms with Crippen LogP contribution in [0.5, 0.6) is 17.2 Å². The van der Waals surface area contributed by atoms with Crippen LogP contribution in [-0.2, 0) is 11.2 Å². The molecule has 0 aliphatic carbocycles. The first-order valence-corrected chi connectivity index (χ1v) is 9.42. The highest BCUT2D eigenvalue weighted by Crippen LogP contribution is 2.38. The van der Waals surface area contributed by atoms with Crippen LogP contribution >= 0.6 is 0 Å². The maximum absolute atomic E-state index is 12.0. The molecular weight excluding hydrogens is 392 g/mol. The third-order valence-electron chi connectivity index (χ3n) is 4.19. The number of nitrogens with zero attached hydrogens (tertiary/aromatic N) is 1. The van der Waals surface area contributed by atoms with Gasteiger partial charge in [0.05, 0.1) is 27.0 Å². The van der Waals surface area contributed by atoms with Crippen molar-refractivity contribution in [2.45, 2.75) is 33.1 Å². The Kier molecular flexibility index (Phi) is 8.21. The van der Waals surface area contributed by atoms with E-state index < -0.39 is 11.2 Å². The average Bonchev–Trinajstić information content (AvgIpc) is 2.71. The SMILES string of the molecule is CCCOc1c(OC)cc(/C=N/NC(=O)CCc2c(C)[nH]c(=O)[nH]c2=O)cc1OC. The summed E-state index contributed by atoms with van der Waals surface area (Å²) in [6.45, 7) is 4.13. The monoisotopic (exact) mass is 418 g/mol. The Morgan fingerprint density at radius 3 is 2.40 bits per heavy atom. The third-order valence-corrected chi connectivity index (χ3v) is 4.19. The van der Waals surface area contributed by atoms with E-state index in [1.165, 1.54) is 20.4 Å². The van der Waals surface area contributed by atoms with Gasteiger partial charge in [-0.05, 0) is 31.9 Å². The van der Waals surface area contributed by atoms with Crippen molar-refractivity contribution in [3.8, 4) is 17.2 Å². The van der Waals surface area contributed by atoms with Crippen LogP contribution in [0.15, 0.2) is 26.8 Å². The first kappa shape index (κ1) is 22.7. The number of methoxy groups -OCH3 is 2. The van der Waals surface area contributed by atoms with Crippen molar-refractivity contribution < 1.29 is 19.0 Å². The number of amides is 1. The van der Waals surface area contributed by atoms with Crippen LogP contribution in [-0.4, -0.2) is 42.9 Å². The minimum atomic E-state index is -0.577. The van der Waals surface area contributed by atoms with Crippen molar-refractivity contribution >= 4 is 12.1 Å². The highest BCUT2D eigenvalue weighted by molar-refractivity contribution is 5.84. The maximum Gasteiger partial charge on any atom is 0.325 e. The van der Waals surface area contributed by atoms with Gasteiger partial charge in [0.1, 0.15) is 0 Å². The molecule has 0 fully saturated rings. The van der Waals surface area contributed by atoms with E-state index in [1.54, 1.807) is 19.1 Å². The number of ether oxygens (including phenoxy) is 3. The van der Waals surface area contributed by atoms with Gasteiger partial charge >= 0.3 is 5.69 Å². The molecule has 10 nitrogen and oxygen atoms in total. The van der Waals surface area contributed by atoms with E-state index in [-0.39, 0.29) is 18.7 Å². The Balaban J connectivity index is 2.03. The summed E-state index contributed by atoms with van der Waals surface area (Å²) in [6, 6.07) is 3.43. The van der Waals surface area contributed by atoms with Gasteiger partial charge in [-0.2, -0.15) is 5.10 Å². The van der Waals surface area contributed by atoms with E-state index in [2.05, 4.69) is 20.5 Å². The van der Waals surface area contributed by atoms with Crippen LogP contribution in [0, 0.1) is 6.92 Å². The number of aromatic amines is 2. The van der Waals surface area contributed by atoms with E-state index in [1.807, 2.05) is 6.92 Å². The highest BCUT2D eigenvalue weighted by atomic mass is 16.5. The summed E-state index contributed by atoms with van der Waals surface area (Å²) in [5.41, 5.74) is 2.76. The van der Waals surface area contributed by atoms with E-state index >= 15 is 0 Å². The summed E-state index contributed by atoms with van der Waals surface area (Å²) in [5, 5.41) is 3.94. The largest absolute Gasteiger partial charge is 0.493 e. The van der Waals surface area contributed by atoms with Gasteiger partial charge in [-0.1, -0.05) is 6.92 Å². The van der Waals surface area contributed by atoms with Gasteiger partial charge in [-0.3, -0.25) is 14.6 Å². The molecule has 0 saturated heterocycles. The molecule has 1 amide bonds. The van der Waals surface area contributed by atoms with Gasteiger partial charge in [0.2, 0.25) is 11.7 Å². The van der Waals surface area contributed by atoms with Crippen LogP contribution in [0.2, 0.25) is 0 Å². The Hall–Kier alpha value is -3.56. The molecular formula is C20H26N4O6. The summed E-state index contributed by atoms with van der Waals surface area (Å²) in [4.78, 5) is 39.7. The van der Waals surface area contributed by atoms with Crippen LogP contribution in [0.3, 0.4) is 0 Å². The lowest BCUT2D eigenvalue weighted by molar-refractivity contribution is -0.121. The number of carbonyl (C=O) groups is 1. The molecule has 0 aliphatic rings. The van der Waals surface area contributed by atoms with Crippen molar-refractivity contribution in [3.63, 3.8) is 0 Å². The summed E-state index contributed by atoms with van der Waals surface area (Å²) in [6.07, 6.45) is 2.49. The molecule has 0 unspecified atom stereocenters. The molecule has 1 aromatic heterocycles. The van der Waals surface area contributed by atoms with Crippen molar-refractivity contribution in [2.24, 2.45) is 5.10 Å². The number of benzene rings is 1. The maximum atomic E-state index is 12.0. The lowest BCUT2D eigenvalue weighted by Crippen LogP contribution is -2.28. The molecule has 2 aromatic rings. The molecule has 0 aliphatic heterocycles. The van der Waals surface area contributed by atoms with Gasteiger partial charge in [0.25, 0.3) is 5.56 Å².